The number of nitrogens with two attached hydrogens (primary N) is 1. The number of carbonyl (C=O) groups is 1. The van der Waals surface area contributed by atoms with Crippen LogP contribution in [0.15, 0.2) is 47.4 Å². The number of amides is 1. The number of rotatable bonds is 4. The molecule has 0 saturated heterocycles. The molecule has 0 bridgehead atoms. The summed E-state index contributed by atoms with van der Waals surface area (Å²) in [5.74, 6) is -0.364. The van der Waals surface area contributed by atoms with E-state index in [4.69, 9.17) is 17.3 Å². The molecular weight excluding hydrogens is 299 g/mol. The summed E-state index contributed by atoms with van der Waals surface area (Å²) >= 11 is 7.03. The number of hydrogen-bond acceptors (Lipinski definition) is 3. The molecule has 3 N–H and O–H groups in total. The van der Waals surface area contributed by atoms with Gasteiger partial charge < -0.3 is 11.1 Å². The van der Waals surface area contributed by atoms with Gasteiger partial charge in [-0.05, 0) is 36.4 Å². The number of halogens is 2. The maximum absolute atomic E-state index is 13.0. The Morgan fingerprint density at radius 2 is 2.10 bits per heavy atom. The molecule has 2 rings (SSSR count). The lowest BCUT2D eigenvalue weighted by atomic mass is 10.2. The quantitative estimate of drug-likeness (QED) is 0.667. The number of hydrogen-bond donors (Lipinski definition) is 2. The zero-order chi connectivity index (χ0) is 14.5. The summed E-state index contributed by atoms with van der Waals surface area (Å²) in [5.41, 5.74) is 6.66. The second-order valence-corrected chi connectivity index (χ2v) is 5.51. The van der Waals surface area contributed by atoms with Gasteiger partial charge in [0.25, 0.3) is 0 Å². The van der Waals surface area contributed by atoms with E-state index in [0.29, 0.717) is 21.3 Å². The van der Waals surface area contributed by atoms with E-state index in [1.165, 1.54) is 23.9 Å². The predicted molar refractivity (Wildman–Crippen MR) is 81.6 cm³/mol. The molecule has 1 amide bonds. The van der Waals surface area contributed by atoms with E-state index in [1.807, 2.05) is 0 Å². The van der Waals surface area contributed by atoms with Crippen LogP contribution in [0.25, 0.3) is 0 Å². The fourth-order valence-electron chi connectivity index (χ4n) is 1.54. The summed E-state index contributed by atoms with van der Waals surface area (Å²) < 4.78 is 13.0. The van der Waals surface area contributed by atoms with Crippen LogP contribution in [0.1, 0.15) is 0 Å². The number of thioether (sulfide) groups is 1. The lowest BCUT2D eigenvalue weighted by Gasteiger charge is -2.08. The maximum Gasteiger partial charge on any atom is 0.234 e. The topological polar surface area (TPSA) is 55.1 Å². The number of benzene rings is 2. The molecule has 6 heteroatoms. The largest absolute Gasteiger partial charge is 0.397 e. The smallest absolute Gasteiger partial charge is 0.234 e. The van der Waals surface area contributed by atoms with Crippen molar-refractivity contribution in [2.24, 2.45) is 0 Å². The highest BCUT2D eigenvalue weighted by Crippen LogP contribution is 2.23. The van der Waals surface area contributed by atoms with Crippen molar-refractivity contribution in [3.8, 4) is 0 Å². The van der Waals surface area contributed by atoms with Crippen molar-refractivity contribution in [1.29, 1.82) is 0 Å². The van der Waals surface area contributed by atoms with Crippen molar-refractivity contribution in [1.82, 2.24) is 0 Å². The third kappa shape index (κ3) is 4.15. The molecule has 0 aliphatic heterocycles. The fraction of sp³-hybridized carbons (Fsp3) is 0.0714. The molecule has 0 radical (unpaired) electrons. The van der Waals surface area contributed by atoms with Crippen LogP contribution >= 0.6 is 23.4 Å². The van der Waals surface area contributed by atoms with Gasteiger partial charge >= 0.3 is 0 Å². The summed E-state index contributed by atoms with van der Waals surface area (Å²) in [6.07, 6.45) is 0. The summed E-state index contributed by atoms with van der Waals surface area (Å²) in [5, 5.41) is 3.19. The zero-order valence-corrected chi connectivity index (χ0v) is 12.0. The van der Waals surface area contributed by atoms with Gasteiger partial charge in [0, 0.05) is 9.92 Å². The molecule has 0 aromatic heterocycles. The number of anilines is 2. The van der Waals surface area contributed by atoms with Crippen LogP contribution in [0.4, 0.5) is 15.8 Å². The Morgan fingerprint density at radius 3 is 2.80 bits per heavy atom. The summed E-state index contributed by atoms with van der Waals surface area (Å²) in [7, 11) is 0. The first kappa shape index (κ1) is 14.7. The van der Waals surface area contributed by atoms with Crippen molar-refractivity contribution >= 4 is 40.6 Å². The molecule has 0 fully saturated rings. The van der Waals surface area contributed by atoms with Gasteiger partial charge in [0.05, 0.1) is 17.1 Å². The van der Waals surface area contributed by atoms with E-state index in [1.54, 1.807) is 30.3 Å². The third-order valence-corrected chi connectivity index (χ3v) is 3.68. The first-order valence-electron chi connectivity index (χ1n) is 5.78. The lowest BCUT2D eigenvalue weighted by Crippen LogP contribution is -2.15. The molecule has 0 aliphatic rings. The van der Waals surface area contributed by atoms with Crippen LogP contribution in [0.5, 0.6) is 0 Å². The van der Waals surface area contributed by atoms with Crippen molar-refractivity contribution < 1.29 is 9.18 Å². The Bertz CT molecular complexity index is 636. The molecule has 104 valence electrons. The highest BCUT2D eigenvalue weighted by atomic mass is 35.5. The van der Waals surface area contributed by atoms with Crippen molar-refractivity contribution in [2.45, 2.75) is 4.90 Å². The molecule has 20 heavy (non-hydrogen) atoms. The van der Waals surface area contributed by atoms with Crippen molar-refractivity contribution in [3.63, 3.8) is 0 Å². The normalized spacial score (nSPS) is 10.3. The highest BCUT2D eigenvalue weighted by Gasteiger charge is 2.07. The molecule has 2 aromatic carbocycles. The Balaban J connectivity index is 1.92. The predicted octanol–water partition coefficient (Wildman–Crippen LogP) is 3.79. The minimum atomic E-state index is -0.322. The van der Waals surface area contributed by atoms with Gasteiger partial charge in [0.2, 0.25) is 5.91 Å². The number of carbonyl (C=O) groups excluding carboxylic acids is 1. The second-order valence-electron chi connectivity index (χ2n) is 4.03. The van der Waals surface area contributed by atoms with Gasteiger partial charge in [-0.2, -0.15) is 0 Å². The minimum absolute atomic E-state index is 0.172. The van der Waals surface area contributed by atoms with Crippen molar-refractivity contribution in [2.75, 3.05) is 16.8 Å². The van der Waals surface area contributed by atoms with Crippen LogP contribution in [-0.2, 0) is 4.79 Å². The molecule has 0 unspecified atom stereocenters. The molecule has 3 nitrogen and oxygen atoms in total. The maximum atomic E-state index is 13.0. The van der Waals surface area contributed by atoms with E-state index in [-0.39, 0.29) is 17.5 Å². The monoisotopic (exact) mass is 310 g/mol. The summed E-state index contributed by atoms with van der Waals surface area (Å²) in [6.45, 7) is 0. The van der Waals surface area contributed by atoms with Gasteiger partial charge in [-0.25, -0.2) is 4.39 Å². The minimum Gasteiger partial charge on any atom is -0.397 e. The first-order chi connectivity index (χ1) is 9.54. The number of nitrogens with one attached hydrogen (secondary N) is 1. The first-order valence-corrected chi connectivity index (χ1v) is 7.14. The van der Waals surface area contributed by atoms with Gasteiger partial charge in [0.15, 0.2) is 0 Å². The zero-order valence-electron chi connectivity index (χ0n) is 10.4. The summed E-state index contributed by atoms with van der Waals surface area (Å²) in [4.78, 5) is 12.5. The fourth-order valence-corrected chi connectivity index (χ4v) is 2.46. The van der Waals surface area contributed by atoms with E-state index >= 15 is 0 Å². The van der Waals surface area contributed by atoms with Crippen LogP contribution in [0, 0.1) is 5.82 Å². The average molecular weight is 311 g/mol. The molecule has 2 aromatic rings. The lowest BCUT2D eigenvalue weighted by molar-refractivity contribution is -0.113. The standard InChI is InChI=1S/C14H12ClFN2OS/c15-9-4-5-13(12(17)6-9)18-14(19)8-20-11-3-1-2-10(16)7-11/h1-7H,8,17H2,(H,18,19). The Labute approximate surface area is 125 Å². The van der Waals surface area contributed by atoms with Crippen LogP contribution < -0.4 is 11.1 Å². The van der Waals surface area contributed by atoms with Gasteiger partial charge in [-0.1, -0.05) is 17.7 Å². The average Bonchev–Trinajstić information content (AvgIpc) is 2.40. The van der Waals surface area contributed by atoms with E-state index in [9.17, 15) is 9.18 Å². The van der Waals surface area contributed by atoms with E-state index in [0.717, 1.165) is 0 Å². The van der Waals surface area contributed by atoms with Gasteiger partial charge in [-0.15, -0.1) is 11.8 Å². The molecule has 0 atom stereocenters. The third-order valence-electron chi connectivity index (χ3n) is 2.45. The molecule has 0 spiro atoms. The molecular formula is C14H12ClFN2OS. The van der Waals surface area contributed by atoms with Gasteiger partial charge in [-0.3, -0.25) is 4.79 Å². The number of nitrogen functional groups attached to an aromatic ring is 1. The van der Waals surface area contributed by atoms with Crippen LogP contribution in [0.3, 0.4) is 0 Å². The molecule has 0 saturated carbocycles. The SMILES string of the molecule is Nc1cc(Cl)ccc1NC(=O)CSc1cccc(F)c1. The van der Waals surface area contributed by atoms with E-state index < -0.39 is 0 Å². The summed E-state index contributed by atoms with van der Waals surface area (Å²) in [6, 6.07) is 10.9. The van der Waals surface area contributed by atoms with E-state index in [2.05, 4.69) is 5.32 Å². The highest BCUT2D eigenvalue weighted by molar-refractivity contribution is 8.00. The Kier molecular flexibility index (Phi) is 4.87. The van der Waals surface area contributed by atoms with Crippen LogP contribution in [-0.4, -0.2) is 11.7 Å². The van der Waals surface area contributed by atoms with Gasteiger partial charge in [0.1, 0.15) is 5.82 Å². The van der Waals surface area contributed by atoms with Crippen molar-refractivity contribution in [3.05, 3.63) is 53.3 Å². The van der Waals surface area contributed by atoms with Crippen LogP contribution in [0.2, 0.25) is 5.02 Å². The second kappa shape index (κ2) is 6.63. The molecule has 0 aliphatic carbocycles. The Morgan fingerprint density at radius 1 is 1.30 bits per heavy atom. The Hall–Kier alpha value is -1.72. The molecule has 0 heterocycles.